The number of hydrogen-bond donors (Lipinski definition) is 3. The average Bonchev–Trinajstić information content (AvgIpc) is 2.79. The van der Waals surface area contributed by atoms with Crippen LogP contribution in [0.3, 0.4) is 0 Å². The summed E-state index contributed by atoms with van der Waals surface area (Å²) in [5.41, 5.74) is 0.743. The third-order valence-electron chi connectivity index (χ3n) is 4.04. The molecule has 32 heavy (non-hydrogen) atoms. The first kappa shape index (κ1) is 23.9. The number of nitro benzene ring substituents is 2. The van der Waals surface area contributed by atoms with Crippen LogP contribution in [0, 0.1) is 20.2 Å². The molecule has 0 aromatic heterocycles. The van der Waals surface area contributed by atoms with Gasteiger partial charge in [-0.2, -0.15) is 0 Å². The second-order valence-electron chi connectivity index (χ2n) is 6.51. The number of rotatable bonds is 10. The molecule has 2 rings (SSSR count). The third kappa shape index (κ3) is 8.16. The number of carbonyl (C=O) groups excluding carboxylic acids is 2. The number of nitrogens with one attached hydrogen (secondary N) is 2. The number of aliphatic hydroxyl groups is 1. The Balaban J connectivity index is 1.75. The maximum absolute atomic E-state index is 11.8. The van der Waals surface area contributed by atoms with Gasteiger partial charge in [0.05, 0.1) is 16.0 Å². The number of aliphatic hydroxyl groups excluding tert-OH is 1. The summed E-state index contributed by atoms with van der Waals surface area (Å²) in [7, 11) is 0. The molecule has 0 radical (unpaired) electrons. The van der Waals surface area contributed by atoms with E-state index in [4.69, 9.17) is 0 Å². The minimum atomic E-state index is -1.06. The molecule has 1 atom stereocenters. The normalized spacial score (nSPS) is 11.9. The molecule has 0 heterocycles. The Morgan fingerprint density at radius 2 is 1.25 bits per heavy atom. The number of amides is 2. The van der Waals surface area contributed by atoms with E-state index in [1.54, 1.807) is 12.1 Å². The van der Waals surface area contributed by atoms with Gasteiger partial charge < -0.3 is 15.7 Å². The molecule has 11 nitrogen and oxygen atoms in total. The van der Waals surface area contributed by atoms with Crippen molar-refractivity contribution in [1.82, 2.24) is 10.6 Å². The van der Waals surface area contributed by atoms with Crippen molar-refractivity contribution in [2.24, 2.45) is 0 Å². The highest BCUT2D eigenvalue weighted by atomic mass is 16.6. The summed E-state index contributed by atoms with van der Waals surface area (Å²) in [4.78, 5) is 44.1. The maximum Gasteiger partial charge on any atom is 0.270 e. The Labute approximate surface area is 182 Å². The van der Waals surface area contributed by atoms with Gasteiger partial charge in [0.15, 0.2) is 0 Å². The van der Waals surface area contributed by atoms with Gasteiger partial charge in [-0.3, -0.25) is 29.8 Å². The van der Waals surface area contributed by atoms with Crippen molar-refractivity contribution in [3.05, 3.63) is 92.0 Å². The summed E-state index contributed by atoms with van der Waals surface area (Å²) in [6.45, 7) is -0.264. The highest BCUT2D eigenvalue weighted by Crippen LogP contribution is 2.14. The second kappa shape index (κ2) is 11.7. The van der Waals surface area contributed by atoms with Gasteiger partial charge in [0.25, 0.3) is 11.4 Å². The Hall–Kier alpha value is -4.38. The smallest absolute Gasteiger partial charge is 0.270 e. The molecule has 0 spiro atoms. The van der Waals surface area contributed by atoms with Crippen molar-refractivity contribution in [3.63, 3.8) is 0 Å². The lowest BCUT2D eigenvalue weighted by molar-refractivity contribution is -0.385. The third-order valence-corrected chi connectivity index (χ3v) is 4.04. The number of benzene rings is 2. The molecular weight excluding hydrogens is 420 g/mol. The van der Waals surface area contributed by atoms with Crippen LogP contribution in [-0.4, -0.2) is 46.0 Å². The number of nitro groups is 2. The van der Waals surface area contributed by atoms with E-state index in [1.807, 2.05) is 0 Å². The standard InChI is InChI=1S/C21H20N4O7/c26-19(13-22-20(27)9-7-15-3-1-5-17(11-15)24(29)30)14-23-21(28)10-8-16-4-2-6-18(12-16)25(31)32/h1-12,19,26H,13-14H2,(H,22,27)(H,23,28)/b9-7-,10-8+. The first-order chi connectivity index (χ1) is 15.2. The van der Waals surface area contributed by atoms with E-state index in [0.29, 0.717) is 11.1 Å². The molecule has 166 valence electrons. The molecule has 0 bridgehead atoms. The first-order valence-corrected chi connectivity index (χ1v) is 9.33. The molecule has 0 aliphatic carbocycles. The molecule has 11 heteroatoms. The van der Waals surface area contributed by atoms with Gasteiger partial charge >= 0.3 is 0 Å². The van der Waals surface area contributed by atoms with Crippen molar-refractivity contribution in [1.29, 1.82) is 0 Å². The number of non-ortho nitro benzene ring substituents is 2. The molecule has 0 saturated heterocycles. The lowest BCUT2D eigenvalue weighted by Gasteiger charge is -2.11. The van der Waals surface area contributed by atoms with Gasteiger partial charge in [-0.15, -0.1) is 0 Å². The van der Waals surface area contributed by atoms with Crippen molar-refractivity contribution < 1.29 is 24.5 Å². The lowest BCUT2D eigenvalue weighted by Crippen LogP contribution is -2.39. The number of carbonyl (C=O) groups is 2. The fraction of sp³-hybridized carbons (Fsp3) is 0.143. The van der Waals surface area contributed by atoms with E-state index in [2.05, 4.69) is 10.6 Å². The predicted octanol–water partition coefficient (Wildman–Crippen LogP) is 1.82. The van der Waals surface area contributed by atoms with Crippen LogP contribution in [0.4, 0.5) is 11.4 Å². The Bertz CT molecular complexity index is 982. The van der Waals surface area contributed by atoms with Gasteiger partial charge in [0.1, 0.15) is 0 Å². The molecule has 2 amide bonds. The zero-order valence-corrected chi connectivity index (χ0v) is 16.7. The first-order valence-electron chi connectivity index (χ1n) is 9.33. The van der Waals surface area contributed by atoms with Gasteiger partial charge in [0, 0.05) is 49.5 Å². The SMILES string of the molecule is O=C(/C=C\c1cccc([N+](=O)[O-])c1)NCC(O)CNC(=O)/C=C/c1cccc([N+](=O)[O-])c1. The predicted molar refractivity (Wildman–Crippen MR) is 116 cm³/mol. The minimum absolute atomic E-state index is 0.0988. The molecule has 2 aromatic carbocycles. The molecule has 0 saturated carbocycles. The molecule has 0 fully saturated rings. The van der Waals surface area contributed by atoms with Gasteiger partial charge in [-0.25, -0.2) is 0 Å². The van der Waals surface area contributed by atoms with Crippen LogP contribution in [0.25, 0.3) is 12.2 Å². The van der Waals surface area contributed by atoms with Crippen molar-refractivity contribution in [3.8, 4) is 0 Å². The van der Waals surface area contributed by atoms with E-state index >= 15 is 0 Å². The highest BCUT2D eigenvalue weighted by Gasteiger charge is 2.08. The highest BCUT2D eigenvalue weighted by molar-refractivity contribution is 5.92. The number of nitrogens with zero attached hydrogens (tertiary/aromatic N) is 2. The van der Waals surface area contributed by atoms with Crippen LogP contribution in [0.2, 0.25) is 0 Å². The summed E-state index contributed by atoms with van der Waals surface area (Å²) < 4.78 is 0. The van der Waals surface area contributed by atoms with Gasteiger partial charge in [-0.05, 0) is 23.3 Å². The van der Waals surface area contributed by atoms with Crippen molar-refractivity contribution in [2.75, 3.05) is 13.1 Å². The summed E-state index contributed by atoms with van der Waals surface area (Å²) in [5, 5.41) is 36.3. The molecule has 0 aliphatic rings. The molecule has 1 unspecified atom stereocenters. The largest absolute Gasteiger partial charge is 0.389 e. The molecule has 3 N–H and O–H groups in total. The van der Waals surface area contributed by atoms with E-state index in [-0.39, 0.29) is 24.5 Å². The van der Waals surface area contributed by atoms with Crippen LogP contribution < -0.4 is 10.6 Å². The Kier molecular flexibility index (Phi) is 8.75. The van der Waals surface area contributed by atoms with E-state index in [0.717, 1.165) is 0 Å². The fourth-order valence-corrected chi connectivity index (χ4v) is 2.45. The van der Waals surface area contributed by atoms with Crippen LogP contribution in [0.15, 0.2) is 60.7 Å². The summed E-state index contributed by atoms with van der Waals surface area (Å²) >= 11 is 0. The zero-order valence-electron chi connectivity index (χ0n) is 16.7. The quantitative estimate of drug-likeness (QED) is 0.288. The van der Waals surface area contributed by atoms with Crippen molar-refractivity contribution in [2.45, 2.75) is 6.10 Å². The van der Waals surface area contributed by atoms with E-state index in [1.165, 1.54) is 60.7 Å². The fourth-order valence-electron chi connectivity index (χ4n) is 2.45. The van der Waals surface area contributed by atoms with E-state index < -0.39 is 27.8 Å². The zero-order chi connectivity index (χ0) is 23.5. The van der Waals surface area contributed by atoms with Gasteiger partial charge in [-0.1, -0.05) is 24.3 Å². The van der Waals surface area contributed by atoms with Crippen LogP contribution in [-0.2, 0) is 9.59 Å². The lowest BCUT2D eigenvalue weighted by atomic mass is 10.2. The average molecular weight is 440 g/mol. The van der Waals surface area contributed by atoms with Crippen molar-refractivity contribution >= 4 is 35.3 Å². The topological polar surface area (TPSA) is 165 Å². The second-order valence-corrected chi connectivity index (χ2v) is 6.51. The summed E-state index contributed by atoms with van der Waals surface area (Å²) in [5.74, 6) is -1.04. The van der Waals surface area contributed by atoms with Crippen LogP contribution in [0.1, 0.15) is 11.1 Å². The molecular formula is C21H20N4O7. The number of hydrogen-bond acceptors (Lipinski definition) is 7. The summed E-state index contributed by atoms with van der Waals surface area (Å²) in [6.07, 6.45) is 4.09. The van der Waals surface area contributed by atoms with Crippen LogP contribution >= 0.6 is 0 Å². The van der Waals surface area contributed by atoms with Gasteiger partial charge in [0.2, 0.25) is 11.8 Å². The van der Waals surface area contributed by atoms with Crippen LogP contribution in [0.5, 0.6) is 0 Å². The van der Waals surface area contributed by atoms with E-state index in [9.17, 15) is 34.9 Å². The maximum atomic E-state index is 11.8. The molecule has 0 aliphatic heterocycles. The summed E-state index contributed by atoms with van der Waals surface area (Å²) in [6, 6.07) is 11.5. The monoisotopic (exact) mass is 440 g/mol. The molecule has 2 aromatic rings. The Morgan fingerprint density at radius 1 is 0.844 bits per heavy atom. The minimum Gasteiger partial charge on any atom is -0.389 e. The Morgan fingerprint density at radius 3 is 1.62 bits per heavy atom.